The fraction of sp³-hybridized carbons (Fsp3) is 0.222. The van der Waals surface area contributed by atoms with Gasteiger partial charge in [-0.2, -0.15) is 0 Å². The molecule has 0 amide bonds. The van der Waals surface area contributed by atoms with E-state index in [1.165, 1.54) is 0 Å². The normalized spacial score (nSPS) is 10.6. The van der Waals surface area contributed by atoms with Crippen molar-refractivity contribution in [2.75, 3.05) is 0 Å². The van der Waals surface area contributed by atoms with Crippen molar-refractivity contribution in [3.8, 4) is 0 Å². The predicted octanol–water partition coefficient (Wildman–Crippen LogP) is 3.50. The molecule has 0 aliphatic heterocycles. The third-order valence-electron chi connectivity index (χ3n) is 1.90. The van der Waals surface area contributed by atoms with Crippen LogP contribution >= 0.6 is 15.9 Å². The number of rotatable bonds is 3. The molecule has 0 spiro atoms. The highest BCUT2D eigenvalue weighted by atomic mass is 79.9. The van der Waals surface area contributed by atoms with Crippen LogP contribution < -0.4 is 0 Å². The first kappa shape index (κ1) is 12.7. The summed E-state index contributed by atoms with van der Waals surface area (Å²) in [7, 11) is 0. The van der Waals surface area contributed by atoms with E-state index in [4.69, 9.17) is 0 Å². The summed E-state index contributed by atoms with van der Waals surface area (Å²) in [6.45, 7) is 1.15. The summed E-state index contributed by atoms with van der Waals surface area (Å²) in [5.41, 5.74) is -1.20. The molecule has 0 fully saturated rings. The SMILES string of the molecule is CC(=O)c1cc(C(F)F)cc([N+](=O)[O-])c1Br. The van der Waals surface area contributed by atoms with Gasteiger partial charge in [-0.1, -0.05) is 0 Å². The van der Waals surface area contributed by atoms with Crippen LogP contribution in [-0.4, -0.2) is 10.7 Å². The molecule has 0 aliphatic carbocycles. The van der Waals surface area contributed by atoms with Crippen LogP contribution in [0.15, 0.2) is 16.6 Å². The van der Waals surface area contributed by atoms with Gasteiger partial charge in [-0.15, -0.1) is 0 Å². The molecule has 0 N–H and O–H groups in total. The Bertz CT molecular complexity index is 427. The van der Waals surface area contributed by atoms with Crippen LogP contribution in [0, 0.1) is 10.1 Å². The van der Waals surface area contributed by atoms with Crippen LogP contribution in [0.5, 0.6) is 0 Å². The van der Waals surface area contributed by atoms with Crippen LogP contribution in [0.1, 0.15) is 29.3 Å². The van der Waals surface area contributed by atoms with E-state index in [1.54, 1.807) is 0 Å². The Balaban J connectivity index is 3.51. The van der Waals surface area contributed by atoms with Crippen molar-refractivity contribution in [2.24, 2.45) is 0 Å². The van der Waals surface area contributed by atoms with Crippen molar-refractivity contribution in [1.82, 2.24) is 0 Å². The quantitative estimate of drug-likeness (QED) is 0.487. The number of benzene rings is 1. The van der Waals surface area contributed by atoms with E-state index in [1.807, 2.05) is 0 Å². The van der Waals surface area contributed by atoms with Crippen LogP contribution in [0.2, 0.25) is 0 Å². The van der Waals surface area contributed by atoms with Gasteiger partial charge in [-0.05, 0) is 28.9 Å². The molecule has 0 radical (unpaired) electrons. The Kier molecular flexibility index (Phi) is 3.69. The van der Waals surface area contributed by atoms with Gasteiger partial charge in [0, 0.05) is 17.2 Å². The number of nitro groups is 1. The van der Waals surface area contributed by atoms with Gasteiger partial charge in [0.25, 0.3) is 12.1 Å². The molecular weight excluding hydrogens is 288 g/mol. The second-order valence-electron chi connectivity index (χ2n) is 3.02. The van der Waals surface area contributed by atoms with E-state index >= 15 is 0 Å². The van der Waals surface area contributed by atoms with Crippen LogP contribution in [0.4, 0.5) is 14.5 Å². The molecule has 1 aromatic carbocycles. The van der Waals surface area contributed by atoms with Crippen LogP contribution in [0.25, 0.3) is 0 Å². The smallest absolute Gasteiger partial charge is 0.284 e. The van der Waals surface area contributed by atoms with Crippen molar-refractivity contribution in [3.63, 3.8) is 0 Å². The van der Waals surface area contributed by atoms with Gasteiger partial charge in [0.05, 0.1) is 4.92 Å². The van der Waals surface area contributed by atoms with Crippen molar-refractivity contribution in [2.45, 2.75) is 13.3 Å². The molecule has 7 heteroatoms. The molecule has 0 bridgehead atoms. The zero-order valence-corrected chi connectivity index (χ0v) is 9.62. The summed E-state index contributed by atoms with van der Waals surface area (Å²) in [4.78, 5) is 20.9. The zero-order chi connectivity index (χ0) is 12.5. The second kappa shape index (κ2) is 4.65. The molecule has 0 heterocycles. The highest BCUT2D eigenvalue weighted by Crippen LogP contribution is 2.33. The van der Waals surface area contributed by atoms with Crippen molar-refractivity contribution in [3.05, 3.63) is 37.8 Å². The number of hydrogen-bond acceptors (Lipinski definition) is 3. The predicted molar refractivity (Wildman–Crippen MR) is 55.8 cm³/mol. The van der Waals surface area contributed by atoms with E-state index in [0.29, 0.717) is 0 Å². The lowest BCUT2D eigenvalue weighted by atomic mass is 10.1. The number of halogens is 3. The average molecular weight is 294 g/mol. The summed E-state index contributed by atoms with van der Waals surface area (Å²) in [6, 6.07) is 1.70. The molecule has 0 unspecified atom stereocenters. The van der Waals surface area contributed by atoms with Crippen LogP contribution in [0.3, 0.4) is 0 Å². The summed E-state index contributed by atoms with van der Waals surface area (Å²) in [6.07, 6.45) is -2.86. The highest BCUT2D eigenvalue weighted by molar-refractivity contribution is 9.10. The Morgan fingerprint density at radius 2 is 2.06 bits per heavy atom. The molecule has 1 rings (SSSR count). The number of nitrogens with zero attached hydrogens (tertiary/aromatic N) is 1. The average Bonchev–Trinajstić information content (AvgIpc) is 2.16. The molecule has 16 heavy (non-hydrogen) atoms. The fourth-order valence-electron chi connectivity index (χ4n) is 1.15. The van der Waals surface area contributed by atoms with E-state index in [0.717, 1.165) is 19.1 Å². The fourth-order valence-corrected chi connectivity index (χ4v) is 1.80. The topological polar surface area (TPSA) is 60.2 Å². The van der Waals surface area contributed by atoms with Gasteiger partial charge in [0.15, 0.2) is 5.78 Å². The first-order chi connectivity index (χ1) is 7.34. The number of carbonyl (C=O) groups is 1. The monoisotopic (exact) mass is 293 g/mol. The molecule has 86 valence electrons. The summed E-state index contributed by atoms with van der Waals surface area (Å²) >= 11 is 2.86. The van der Waals surface area contributed by atoms with Gasteiger partial charge in [-0.25, -0.2) is 8.78 Å². The lowest BCUT2D eigenvalue weighted by Gasteiger charge is -2.05. The number of hydrogen-bond donors (Lipinski definition) is 0. The molecule has 0 aliphatic rings. The van der Waals surface area contributed by atoms with Gasteiger partial charge < -0.3 is 0 Å². The minimum absolute atomic E-state index is 0.0746. The number of Topliss-reactive ketones (excluding diaryl/α,β-unsaturated/α-hetero) is 1. The van der Waals surface area contributed by atoms with E-state index in [2.05, 4.69) is 15.9 Å². The Morgan fingerprint density at radius 1 is 1.50 bits per heavy atom. The number of carbonyl (C=O) groups excluding carboxylic acids is 1. The Labute approximate surface area is 97.5 Å². The number of ketones is 1. The van der Waals surface area contributed by atoms with Crippen molar-refractivity contribution < 1.29 is 18.5 Å². The van der Waals surface area contributed by atoms with Crippen LogP contribution in [-0.2, 0) is 0 Å². The molecule has 1 aromatic rings. The summed E-state index contributed by atoms with van der Waals surface area (Å²) < 4.78 is 24.8. The molecular formula is C9H6BrF2NO3. The first-order valence-corrected chi connectivity index (χ1v) is 4.90. The lowest BCUT2D eigenvalue weighted by molar-refractivity contribution is -0.385. The minimum atomic E-state index is -2.86. The Hall–Kier alpha value is -1.37. The number of alkyl halides is 2. The zero-order valence-electron chi connectivity index (χ0n) is 8.04. The summed E-state index contributed by atoms with van der Waals surface area (Å²) in [5.74, 6) is -0.516. The second-order valence-corrected chi connectivity index (χ2v) is 3.81. The van der Waals surface area contributed by atoms with Gasteiger partial charge in [0.1, 0.15) is 4.47 Å². The lowest BCUT2D eigenvalue weighted by Crippen LogP contribution is -2.01. The van der Waals surface area contributed by atoms with E-state index in [-0.39, 0.29) is 10.0 Å². The maximum absolute atomic E-state index is 12.4. The molecule has 0 aromatic heterocycles. The third kappa shape index (κ3) is 2.41. The third-order valence-corrected chi connectivity index (χ3v) is 2.74. The van der Waals surface area contributed by atoms with E-state index < -0.39 is 28.4 Å². The summed E-state index contributed by atoms with van der Waals surface area (Å²) in [5, 5.41) is 10.6. The first-order valence-electron chi connectivity index (χ1n) is 4.11. The Morgan fingerprint density at radius 3 is 2.44 bits per heavy atom. The van der Waals surface area contributed by atoms with Crippen molar-refractivity contribution >= 4 is 27.4 Å². The van der Waals surface area contributed by atoms with Crippen molar-refractivity contribution in [1.29, 1.82) is 0 Å². The van der Waals surface area contributed by atoms with E-state index in [9.17, 15) is 23.7 Å². The maximum Gasteiger partial charge on any atom is 0.284 e. The molecule has 0 saturated heterocycles. The number of nitro benzene ring substituents is 1. The molecule has 0 atom stereocenters. The van der Waals surface area contributed by atoms with Gasteiger partial charge >= 0.3 is 0 Å². The van der Waals surface area contributed by atoms with Gasteiger partial charge in [-0.3, -0.25) is 14.9 Å². The molecule has 4 nitrogen and oxygen atoms in total. The maximum atomic E-state index is 12.4. The molecule has 0 saturated carbocycles. The minimum Gasteiger partial charge on any atom is -0.294 e. The standard InChI is InChI=1S/C9H6BrF2NO3/c1-4(14)6-2-5(9(11)12)3-7(8(6)10)13(15)16/h2-3,9H,1H3. The largest absolute Gasteiger partial charge is 0.294 e. The highest BCUT2D eigenvalue weighted by Gasteiger charge is 2.22. The van der Waals surface area contributed by atoms with Gasteiger partial charge in [0.2, 0.25) is 0 Å².